The van der Waals surface area contributed by atoms with Gasteiger partial charge in [0.25, 0.3) is 5.91 Å². The van der Waals surface area contributed by atoms with Crippen molar-refractivity contribution in [2.75, 3.05) is 5.43 Å². The lowest BCUT2D eigenvalue weighted by atomic mass is 10.3. The summed E-state index contributed by atoms with van der Waals surface area (Å²) in [5.41, 5.74) is 6.77. The summed E-state index contributed by atoms with van der Waals surface area (Å²) in [5.74, 6) is -0.226. The molecule has 5 heteroatoms. The van der Waals surface area contributed by atoms with E-state index >= 15 is 0 Å². The van der Waals surface area contributed by atoms with Crippen LogP contribution in [-0.4, -0.2) is 5.91 Å². The summed E-state index contributed by atoms with van der Waals surface area (Å²) in [4.78, 5) is 11.3. The number of allylic oxidation sites excluding steroid dienone is 1. The van der Waals surface area contributed by atoms with Crippen LogP contribution in [0.3, 0.4) is 0 Å². The van der Waals surface area contributed by atoms with Crippen molar-refractivity contribution >= 4 is 34.8 Å². The third kappa shape index (κ3) is 4.55. The molecule has 1 rings (SSSR count). The molecule has 0 radical (unpaired) electrons. The number of halogens is 2. The van der Waals surface area contributed by atoms with Gasteiger partial charge in [0.2, 0.25) is 0 Å². The molecule has 0 fully saturated rings. The van der Waals surface area contributed by atoms with Gasteiger partial charge in [-0.1, -0.05) is 28.8 Å². The van der Waals surface area contributed by atoms with Gasteiger partial charge in [0, 0.05) is 16.1 Å². The van der Waals surface area contributed by atoms with Gasteiger partial charge in [-0.25, -0.2) is 0 Å². The molecule has 0 saturated carbocycles. The Labute approximate surface area is 104 Å². The molecule has 1 aromatic rings. The molecule has 1 aromatic carbocycles. The quantitative estimate of drug-likeness (QED) is 0.645. The summed E-state index contributed by atoms with van der Waals surface area (Å²) in [6.45, 7) is 3.69. The minimum absolute atomic E-state index is 0.226. The number of carbonyl (C=O) groups excluding carboxylic acids is 1. The van der Waals surface area contributed by atoms with Gasteiger partial charge >= 0.3 is 0 Å². The van der Waals surface area contributed by atoms with Crippen LogP contribution in [0, 0.1) is 0 Å². The molecule has 0 aliphatic carbocycles. The lowest BCUT2D eigenvalue weighted by Crippen LogP contribution is -2.27. The molecule has 2 N–H and O–H groups in total. The number of rotatable bonds is 3. The van der Waals surface area contributed by atoms with Crippen LogP contribution in [-0.2, 0) is 4.79 Å². The Kier molecular flexibility index (Phi) is 4.65. The first kappa shape index (κ1) is 12.9. The minimum Gasteiger partial charge on any atom is -0.298 e. The van der Waals surface area contributed by atoms with Crippen molar-refractivity contribution < 1.29 is 4.79 Å². The van der Waals surface area contributed by atoms with Gasteiger partial charge in [-0.15, -0.1) is 0 Å². The molecule has 0 aliphatic heterocycles. The highest BCUT2D eigenvalue weighted by molar-refractivity contribution is 6.35. The second kappa shape index (κ2) is 5.77. The molecule has 86 valence electrons. The van der Waals surface area contributed by atoms with Gasteiger partial charge in [0.1, 0.15) is 0 Å². The van der Waals surface area contributed by atoms with Crippen LogP contribution >= 0.6 is 23.2 Å². The SMILES string of the molecule is CC(C)=CC(=O)NNc1cc(Cl)cc(Cl)c1. The number of hydrazine groups is 1. The average Bonchev–Trinajstić information content (AvgIpc) is 2.12. The summed E-state index contributed by atoms with van der Waals surface area (Å²) >= 11 is 11.6. The fraction of sp³-hybridized carbons (Fsp3) is 0.182. The Bertz CT molecular complexity index is 406. The maximum absolute atomic E-state index is 11.3. The molecule has 0 aromatic heterocycles. The standard InChI is InChI=1S/C11H12Cl2N2O/c1-7(2)3-11(16)15-14-10-5-8(12)4-9(13)6-10/h3-6,14H,1-2H3,(H,15,16). The van der Waals surface area contributed by atoms with E-state index in [1.54, 1.807) is 18.2 Å². The molecule has 3 nitrogen and oxygen atoms in total. The molecule has 0 spiro atoms. The van der Waals surface area contributed by atoms with E-state index in [0.29, 0.717) is 15.7 Å². The van der Waals surface area contributed by atoms with Gasteiger partial charge in [-0.2, -0.15) is 0 Å². The zero-order valence-electron chi connectivity index (χ0n) is 8.97. The predicted octanol–water partition coefficient (Wildman–Crippen LogP) is 3.40. The summed E-state index contributed by atoms with van der Waals surface area (Å²) in [6, 6.07) is 4.94. The van der Waals surface area contributed by atoms with Crippen molar-refractivity contribution in [3.8, 4) is 0 Å². The summed E-state index contributed by atoms with van der Waals surface area (Å²) in [6.07, 6.45) is 1.49. The van der Waals surface area contributed by atoms with Crippen molar-refractivity contribution in [2.45, 2.75) is 13.8 Å². The van der Waals surface area contributed by atoms with Gasteiger partial charge in [-0.05, 0) is 32.0 Å². The molecular weight excluding hydrogens is 247 g/mol. The van der Waals surface area contributed by atoms with E-state index in [0.717, 1.165) is 5.57 Å². The molecule has 0 unspecified atom stereocenters. The number of carbonyl (C=O) groups is 1. The number of nitrogens with one attached hydrogen (secondary N) is 2. The van der Waals surface area contributed by atoms with Crippen LogP contribution in [0.1, 0.15) is 13.8 Å². The van der Waals surface area contributed by atoms with E-state index in [1.807, 2.05) is 13.8 Å². The fourth-order valence-electron chi connectivity index (χ4n) is 1.06. The summed E-state index contributed by atoms with van der Waals surface area (Å²) in [5, 5.41) is 1.01. The monoisotopic (exact) mass is 258 g/mol. The normalized spacial score (nSPS) is 9.50. The third-order valence-corrected chi connectivity index (χ3v) is 2.05. The largest absolute Gasteiger partial charge is 0.298 e. The van der Waals surface area contributed by atoms with Crippen LogP contribution in [0.25, 0.3) is 0 Å². The Balaban J connectivity index is 2.61. The second-order valence-corrected chi connectivity index (χ2v) is 4.37. The van der Waals surface area contributed by atoms with E-state index in [1.165, 1.54) is 6.08 Å². The molecule has 0 bridgehead atoms. The van der Waals surface area contributed by atoms with Gasteiger partial charge in [0.15, 0.2) is 0 Å². The van der Waals surface area contributed by atoms with Crippen molar-refractivity contribution in [3.63, 3.8) is 0 Å². The van der Waals surface area contributed by atoms with Crippen molar-refractivity contribution in [2.24, 2.45) is 0 Å². The van der Waals surface area contributed by atoms with Crippen LogP contribution in [0.4, 0.5) is 5.69 Å². The van der Waals surface area contributed by atoms with E-state index < -0.39 is 0 Å². The lowest BCUT2D eigenvalue weighted by Gasteiger charge is -2.07. The molecule has 0 atom stereocenters. The summed E-state index contributed by atoms with van der Waals surface area (Å²) in [7, 11) is 0. The van der Waals surface area contributed by atoms with E-state index in [2.05, 4.69) is 10.9 Å². The minimum atomic E-state index is -0.226. The zero-order valence-corrected chi connectivity index (χ0v) is 10.5. The number of benzene rings is 1. The predicted molar refractivity (Wildman–Crippen MR) is 67.7 cm³/mol. The Hall–Kier alpha value is -1.19. The maximum atomic E-state index is 11.3. The molecular formula is C11H12Cl2N2O. The highest BCUT2D eigenvalue weighted by atomic mass is 35.5. The number of hydrogen-bond donors (Lipinski definition) is 2. The number of amides is 1. The summed E-state index contributed by atoms with van der Waals surface area (Å²) < 4.78 is 0. The van der Waals surface area contributed by atoms with Gasteiger partial charge in [0.05, 0.1) is 5.69 Å². The Morgan fingerprint density at radius 2 is 1.75 bits per heavy atom. The van der Waals surface area contributed by atoms with E-state index in [4.69, 9.17) is 23.2 Å². The first-order valence-electron chi connectivity index (χ1n) is 4.64. The average molecular weight is 259 g/mol. The zero-order chi connectivity index (χ0) is 12.1. The molecule has 0 aliphatic rings. The molecule has 16 heavy (non-hydrogen) atoms. The maximum Gasteiger partial charge on any atom is 0.262 e. The molecule has 0 heterocycles. The fourth-order valence-corrected chi connectivity index (χ4v) is 1.58. The first-order chi connectivity index (χ1) is 7.47. The molecule has 0 saturated heterocycles. The van der Waals surface area contributed by atoms with Gasteiger partial charge in [-0.3, -0.25) is 15.6 Å². The highest BCUT2D eigenvalue weighted by Crippen LogP contribution is 2.21. The Morgan fingerprint density at radius 3 is 2.25 bits per heavy atom. The van der Waals surface area contributed by atoms with Crippen molar-refractivity contribution in [1.29, 1.82) is 0 Å². The second-order valence-electron chi connectivity index (χ2n) is 3.49. The Morgan fingerprint density at radius 1 is 1.19 bits per heavy atom. The van der Waals surface area contributed by atoms with Crippen LogP contribution in [0.5, 0.6) is 0 Å². The van der Waals surface area contributed by atoms with Crippen LogP contribution in [0.2, 0.25) is 10.0 Å². The van der Waals surface area contributed by atoms with Crippen molar-refractivity contribution in [3.05, 3.63) is 39.9 Å². The smallest absolute Gasteiger partial charge is 0.262 e. The van der Waals surface area contributed by atoms with Crippen LogP contribution < -0.4 is 10.9 Å². The first-order valence-corrected chi connectivity index (χ1v) is 5.40. The van der Waals surface area contributed by atoms with Gasteiger partial charge < -0.3 is 0 Å². The number of hydrogen-bond acceptors (Lipinski definition) is 2. The lowest BCUT2D eigenvalue weighted by molar-refractivity contribution is -0.116. The number of anilines is 1. The highest BCUT2D eigenvalue weighted by Gasteiger charge is 1.99. The van der Waals surface area contributed by atoms with Crippen molar-refractivity contribution in [1.82, 2.24) is 5.43 Å². The molecule has 1 amide bonds. The van der Waals surface area contributed by atoms with Crippen LogP contribution in [0.15, 0.2) is 29.8 Å². The van der Waals surface area contributed by atoms with E-state index in [9.17, 15) is 4.79 Å². The van der Waals surface area contributed by atoms with E-state index in [-0.39, 0.29) is 5.91 Å². The third-order valence-electron chi connectivity index (χ3n) is 1.61. The topological polar surface area (TPSA) is 41.1 Å².